The highest BCUT2D eigenvalue weighted by Crippen LogP contribution is 2.30. The van der Waals surface area contributed by atoms with Crippen molar-refractivity contribution in [3.05, 3.63) is 77.9 Å². The molecule has 4 aromatic rings. The van der Waals surface area contributed by atoms with Crippen molar-refractivity contribution in [2.45, 2.75) is 26.0 Å². The second-order valence-corrected chi connectivity index (χ2v) is 10.1. The normalized spacial score (nSPS) is 16.7. The molecule has 190 valence electrons. The van der Waals surface area contributed by atoms with Crippen LogP contribution in [0, 0.1) is 5.92 Å². The number of ether oxygens (including phenoxy) is 1. The molecule has 0 spiro atoms. The lowest BCUT2D eigenvalue weighted by Crippen LogP contribution is -2.43. The molecule has 1 amide bonds. The van der Waals surface area contributed by atoms with Crippen LogP contribution < -0.4 is 10.1 Å². The molecule has 1 N–H and O–H groups in total. The quantitative estimate of drug-likeness (QED) is 0.396. The minimum atomic E-state index is 0.00336. The van der Waals surface area contributed by atoms with Gasteiger partial charge in [0.15, 0.2) is 5.65 Å². The number of nitrogens with zero attached hydrogens (tertiary/aromatic N) is 5. The van der Waals surface area contributed by atoms with E-state index in [2.05, 4.69) is 56.5 Å². The molecule has 0 radical (unpaired) electrons. The van der Waals surface area contributed by atoms with Crippen molar-refractivity contribution in [1.82, 2.24) is 24.4 Å². The van der Waals surface area contributed by atoms with E-state index in [1.807, 2.05) is 42.5 Å². The fourth-order valence-corrected chi connectivity index (χ4v) is 4.63. The number of anilines is 1. The fourth-order valence-electron chi connectivity index (χ4n) is 4.63. The first-order chi connectivity index (χ1) is 18.1. The highest BCUT2D eigenvalue weighted by Gasteiger charge is 2.30. The summed E-state index contributed by atoms with van der Waals surface area (Å²) in [6.45, 7) is 6.05. The molecule has 8 nitrogen and oxygen atoms in total. The molecule has 2 fully saturated rings. The molecule has 3 heterocycles. The van der Waals surface area contributed by atoms with Crippen molar-refractivity contribution < 1.29 is 9.53 Å². The summed E-state index contributed by atoms with van der Waals surface area (Å²) in [5.74, 6) is 1.27. The summed E-state index contributed by atoms with van der Waals surface area (Å²) in [6.07, 6.45) is 1.89. The number of pyridine rings is 1. The van der Waals surface area contributed by atoms with Gasteiger partial charge in [0.2, 0.25) is 11.9 Å². The van der Waals surface area contributed by atoms with Crippen molar-refractivity contribution in [3.63, 3.8) is 0 Å². The van der Waals surface area contributed by atoms with Crippen molar-refractivity contribution >= 4 is 17.5 Å². The molecule has 2 aromatic heterocycles. The highest BCUT2D eigenvalue weighted by molar-refractivity contribution is 5.92. The van der Waals surface area contributed by atoms with Gasteiger partial charge in [0, 0.05) is 44.2 Å². The lowest BCUT2D eigenvalue weighted by molar-refractivity contribution is -0.117. The summed E-state index contributed by atoms with van der Waals surface area (Å²) in [7, 11) is 2.19. The van der Waals surface area contributed by atoms with Crippen LogP contribution >= 0.6 is 0 Å². The first-order valence-corrected chi connectivity index (χ1v) is 13.0. The van der Waals surface area contributed by atoms with Crippen LogP contribution in [0.1, 0.15) is 24.0 Å². The number of likely N-dealkylation sites (N-methyl/N-ethyl adjacent to an activating group) is 1. The van der Waals surface area contributed by atoms with Crippen LogP contribution in [-0.4, -0.2) is 63.5 Å². The third-order valence-corrected chi connectivity index (χ3v) is 7.12. The van der Waals surface area contributed by atoms with Gasteiger partial charge >= 0.3 is 0 Å². The minimum Gasteiger partial charge on any atom is -0.489 e. The summed E-state index contributed by atoms with van der Waals surface area (Å²) >= 11 is 0. The number of rotatable bonds is 8. The largest absolute Gasteiger partial charge is 0.489 e. The predicted octanol–water partition coefficient (Wildman–Crippen LogP) is 4.07. The van der Waals surface area contributed by atoms with Crippen LogP contribution in [0.25, 0.3) is 16.9 Å². The average molecular weight is 497 g/mol. The molecule has 6 rings (SSSR count). The van der Waals surface area contributed by atoms with E-state index in [1.54, 1.807) is 4.52 Å². The van der Waals surface area contributed by atoms with Crippen molar-refractivity contribution in [1.29, 1.82) is 0 Å². The van der Waals surface area contributed by atoms with Crippen LogP contribution in [0.3, 0.4) is 0 Å². The molecule has 0 atom stereocenters. The molecule has 8 heteroatoms. The first kappa shape index (κ1) is 23.6. The van der Waals surface area contributed by atoms with Gasteiger partial charge in [-0.05, 0) is 67.4 Å². The van der Waals surface area contributed by atoms with Gasteiger partial charge in [-0.15, -0.1) is 5.10 Å². The zero-order valence-corrected chi connectivity index (χ0v) is 21.1. The van der Waals surface area contributed by atoms with Gasteiger partial charge in [0.05, 0.1) is 5.69 Å². The van der Waals surface area contributed by atoms with E-state index in [1.165, 1.54) is 5.56 Å². The number of nitrogens with one attached hydrogen (secondary N) is 1. The summed E-state index contributed by atoms with van der Waals surface area (Å²) < 4.78 is 7.82. The summed E-state index contributed by atoms with van der Waals surface area (Å²) in [6, 6.07) is 22.6. The molecule has 2 aromatic carbocycles. The maximum atomic E-state index is 12.1. The Kier molecular flexibility index (Phi) is 6.59. The smallest absolute Gasteiger partial charge is 0.249 e. The number of hydrogen-bond donors (Lipinski definition) is 1. The molecule has 0 bridgehead atoms. The molecule has 1 aliphatic heterocycles. The molecular formula is C29H32N6O2. The minimum absolute atomic E-state index is 0.00336. The Balaban J connectivity index is 1.07. The van der Waals surface area contributed by atoms with Crippen LogP contribution in [0.5, 0.6) is 5.75 Å². The van der Waals surface area contributed by atoms with Gasteiger partial charge in [-0.3, -0.25) is 15.0 Å². The van der Waals surface area contributed by atoms with E-state index in [9.17, 15) is 4.79 Å². The third kappa shape index (κ3) is 5.65. The number of amides is 1. The lowest BCUT2D eigenvalue weighted by Gasteiger charge is -2.32. The third-order valence-electron chi connectivity index (χ3n) is 7.12. The monoisotopic (exact) mass is 496 g/mol. The van der Waals surface area contributed by atoms with Gasteiger partial charge in [-0.2, -0.15) is 4.98 Å². The van der Waals surface area contributed by atoms with Crippen molar-refractivity contribution in [2.75, 3.05) is 38.5 Å². The molecule has 2 aliphatic rings. The van der Waals surface area contributed by atoms with Gasteiger partial charge in [-0.1, -0.05) is 30.3 Å². The molecule has 0 unspecified atom stereocenters. The van der Waals surface area contributed by atoms with E-state index in [4.69, 9.17) is 4.74 Å². The summed E-state index contributed by atoms with van der Waals surface area (Å²) in [4.78, 5) is 21.5. The van der Waals surface area contributed by atoms with Crippen LogP contribution in [0.2, 0.25) is 0 Å². The zero-order chi connectivity index (χ0) is 25.2. The van der Waals surface area contributed by atoms with E-state index in [0.29, 0.717) is 18.2 Å². The Bertz CT molecular complexity index is 1370. The van der Waals surface area contributed by atoms with Crippen LogP contribution in [-0.2, 0) is 17.9 Å². The molecule has 1 saturated heterocycles. The fraction of sp³-hybridized carbons (Fsp3) is 0.345. The molecule has 37 heavy (non-hydrogen) atoms. The second-order valence-electron chi connectivity index (χ2n) is 10.1. The van der Waals surface area contributed by atoms with E-state index in [0.717, 1.165) is 68.1 Å². The Morgan fingerprint density at radius 2 is 1.68 bits per heavy atom. The topological polar surface area (TPSA) is 75.0 Å². The van der Waals surface area contributed by atoms with Gasteiger partial charge in [0.25, 0.3) is 0 Å². The Morgan fingerprint density at radius 1 is 0.946 bits per heavy atom. The molecule has 1 saturated carbocycles. The highest BCUT2D eigenvalue weighted by atomic mass is 16.5. The zero-order valence-electron chi connectivity index (χ0n) is 21.1. The number of benzene rings is 2. The SMILES string of the molecule is CN1CCN(Cc2ccc(COc3ccc(-c4cccc5nc(NC(=O)C6CC6)nn45)cc3)cc2)CC1. The molecule has 1 aliphatic carbocycles. The van der Waals surface area contributed by atoms with Crippen LogP contribution in [0.4, 0.5) is 5.95 Å². The van der Waals surface area contributed by atoms with Gasteiger partial charge in [-0.25, -0.2) is 4.52 Å². The number of hydrogen-bond acceptors (Lipinski definition) is 6. The Hall–Kier alpha value is -3.75. The standard InChI is InChI=1S/C29H32N6O2/c1-33-15-17-34(18-16-33)19-21-5-7-22(8-6-21)20-37-25-13-11-23(12-14-25)26-3-2-4-27-30-29(32-35(26)27)31-28(36)24-9-10-24/h2-8,11-14,24H,9-10,15-20H2,1H3,(H,31,32,36). The van der Waals surface area contributed by atoms with Crippen LogP contribution in [0.15, 0.2) is 66.7 Å². The van der Waals surface area contributed by atoms with Crippen molar-refractivity contribution in [3.8, 4) is 17.0 Å². The van der Waals surface area contributed by atoms with E-state index < -0.39 is 0 Å². The lowest BCUT2D eigenvalue weighted by atomic mass is 10.1. The average Bonchev–Trinajstić information content (AvgIpc) is 3.70. The summed E-state index contributed by atoms with van der Waals surface area (Å²) in [5.41, 5.74) is 5.09. The first-order valence-electron chi connectivity index (χ1n) is 13.0. The number of carbonyl (C=O) groups is 1. The summed E-state index contributed by atoms with van der Waals surface area (Å²) in [5, 5.41) is 7.35. The number of aromatic nitrogens is 3. The molecular weight excluding hydrogens is 464 g/mol. The van der Waals surface area contributed by atoms with E-state index >= 15 is 0 Å². The van der Waals surface area contributed by atoms with Gasteiger partial charge < -0.3 is 9.64 Å². The van der Waals surface area contributed by atoms with Gasteiger partial charge in [0.1, 0.15) is 12.4 Å². The second kappa shape index (κ2) is 10.3. The Labute approximate surface area is 216 Å². The van der Waals surface area contributed by atoms with E-state index in [-0.39, 0.29) is 11.8 Å². The maximum Gasteiger partial charge on any atom is 0.249 e. The van der Waals surface area contributed by atoms with Crippen molar-refractivity contribution in [2.24, 2.45) is 5.92 Å². The number of piperazine rings is 1. The number of fused-ring (bicyclic) bond motifs is 1. The predicted molar refractivity (Wildman–Crippen MR) is 143 cm³/mol. The number of carbonyl (C=O) groups excluding carboxylic acids is 1. The maximum absolute atomic E-state index is 12.1. The Morgan fingerprint density at radius 3 is 2.41 bits per heavy atom.